The normalized spacial score (nSPS) is 12.7. The first kappa shape index (κ1) is 18.0. The molecular weight excluding hydrogens is 352 g/mol. The lowest BCUT2D eigenvalue weighted by molar-refractivity contribution is 0.467. The van der Waals surface area contributed by atoms with E-state index >= 15 is 0 Å². The van der Waals surface area contributed by atoms with Gasteiger partial charge in [0.05, 0.1) is 4.90 Å². The third-order valence-electron chi connectivity index (χ3n) is 4.38. The quantitative estimate of drug-likeness (QED) is 0.599. The second-order valence-corrected chi connectivity index (χ2v) is 7.48. The van der Waals surface area contributed by atoms with E-state index in [-0.39, 0.29) is 33.4 Å². The molecule has 0 radical (unpaired) electrons. The molecule has 0 saturated heterocycles. The first-order valence-electron chi connectivity index (χ1n) is 7.96. The van der Waals surface area contributed by atoms with Crippen molar-refractivity contribution in [3.05, 3.63) is 77.9 Å². The number of hydrogen-bond acceptors (Lipinski definition) is 4. The van der Waals surface area contributed by atoms with Gasteiger partial charge in [-0.25, -0.2) is 0 Å². The van der Waals surface area contributed by atoms with Gasteiger partial charge in [-0.05, 0) is 41.5 Å². The summed E-state index contributed by atoms with van der Waals surface area (Å²) in [5, 5.41) is 20.4. The van der Waals surface area contributed by atoms with Crippen LogP contribution in [0.5, 0.6) is 11.5 Å². The summed E-state index contributed by atoms with van der Waals surface area (Å²) in [6, 6.07) is 18.2. The van der Waals surface area contributed by atoms with Gasteiger partial charge in [0, 0.05) is 17.0 Å². The highest BCUT2D eigenvalue weighted by atomic mass is 32.2. The van der Waals surface area contributed by atoms with Crippen LogP contribution in [0.25, 0.3) is 11.1 Å². The Labute approximate surface area is 151 Å². The molecule has 3 aromatic rings. The highest BCUT2D eigenvalue weighted by Gasteiger charge is 2.17. The van der Waals surface area contributed by atoms with E-state index in [1.165, 1.54) is 12.1 Å². The standard InChI is InChI=1S/C20H18O5S/c1-13(14-5-3-2-4-6-14)15-7-9-19(21)17(11-15)18-12-16(26(23,24)25)8-10-20(18)22/h2-13,21-22H,1H3,(H,23,24,25). The molecule has 0 saturated carbocycles. The summed E-state index contributed by atoms with van der Waals surface area (Å²) >= 11 is 0. The van der Waals surface area contributed by atoms with Gasteiger partial charge in [-0.2, -0.15) is 8.42 Å². The van der Waals surface area contributed by atoms with E-state index in [2.05, 4.69) is 0 Å². The van der Waals surface area contributed by atoms with E-state index in [9.17, 15) is 23.2 Å². The molecule has 3 aromatic carbocycles. The fraction of sp³-hybridized carbons (Fsp3) is 0.100. The van der Waals surface area contributed by atoms with Crippen molar-refractivity contribution in [3.63, 3.8) is 0 Å². The Morgan fingerprint density at radius 2 is 1.35 bits per heavy atom. The van der Waals surface area contributed by atoms with Crippen LogP contribution in [0.2, 0.25) is 0 Å². The van der Waals surface area contributed by atoms with Crippen molar-refractivity contribution >= 4 is 10.1 Å². The zero-order valence-electron chi connectivity index (χ0n) is 14.0. The molecule has 3 rings (SSSR count). The highest BCUT2D eigenvalue weighted by Crippen LogP contribution is 2.39. The van der Waals surface area contributed by atoms with Crippen molar-refractivity contribution in [2.75, 3.05) is 0 Å². The SMILES string of the molecule is CC(c1ccccc1)c1ccc(O)c(-c2cc(S(=O)(=O)O)ccc2O)c1. The Morgan fingerprint density at radius 3 is 1.96 bits per heavy atom. The number of benzene rings is 3. The van der Waals surface area contributed by atoms with Crippen molar-refractivity contribution < 1.29 is 23.2 Å². The topological polar surface area (TPSA) is 94.8 Å². The number of phenolic OH excluding ortho intramolecular Hbond substituents is 2. The van der Waals surface area contributed by atoms with Gasteiger partial charge in [-0.3, -0.25) is 4.55 Å². The molecule has 0 fully saturated rings. The zero-order chi connectivity index (χ0) is 18.9. The molecule has 0 amide bonds. The maximum Gasteiger partial charge on any atom is 0.294 e. The largest absolute Gasteiger partial charge is 0.507 e. The van der Waals surface area contributed by atoms with Gasteiger partial charge in [0.1, 0.15) is 11.5 Å². The second kappa shape index (κ2) is 6.82. The third kappa shape index (κ3) is 3.56. The molecule has 1 atom stereocenters. The predicted octanol–water partition coefficient (Wildman–Crippen LogP) is 4.16. The van der Waals surface area contributed by atoms with Gasteiger partial charge in [0.2, 0.25) is 0 Å². The molecule has 0 aliphatic rings. The summed E-state index contributed by atoms with van der Waals surface area (Å²) in [6.45, 7) is 2.01. The summed E-state index contributed by atoms with van der Waals surface area (Å²) < 4.78 is 32.0. The van der Waals surface area contributed by atoms with E-state index in [4.69, 9.17) is 0 Å². The molecule has 0 aliphatic heterocycles. The smallest absolute Gasteiger partial charge is 0.294 e. The van der Waals surface area contributed by atoms with Crippen LogP contribution in [0.1, 0.15) is 24.0 Å². The van der Waals surface area contributed by atoms with E-state index in [1.807, 2.05) is 37.3 Å². The summed E-state index contributed by atoms with van der Waals surface area (Å²) in [7, 11) is -4.43. The first-order valence-corrected chi connectivity index (χ1v) is 9.40. The van der Waals surface area contributed by atoms with Crippen LogP contribution in [-0.2, 0) is 10.1 Å². The molecule has 0 heterocycles. The average molecular weight is 370 g/mol. The fourth-order valence-electron chi connectivity index (χ4n) is 2.86. The second-order valence-electron chi connectivity index (χ2n) is 6.06. The minimum absolute atomic E-state index is 0.0300. The number of hydrogen-bond donors (Lipinski definition) is 3. The Hall–Kier alpha value is -2.83. The number of rotatable bonds is 4. The minimum Gasteiger partial charge on any atom is -0.507 e. The molecule has 6 heteroatoms. The summed E-state index contributed by atoms with van der Waals surface area (Å²) in [5.74, 6) is -0.267. The van der Waals surface area contributed by atoms with Crippen molar-refractivity contribution in [3.8, 4) is 22.6 Å². The molecule has 5 nitrogen and oxygen atoms in total. The van der Waals surface area contributed by atoms with Gasteiger partial charge in [0.25, 0.3) is 10.1 Å². The van der Waals surface area contributed by atoms with Gasteiger partial charge in [-0.1, -0.05) is 43.3 Å². The van der Waals surface area contributed by atoms with Crippen LogP contribution in [0, 0.1) is 0 Å². The van der Waals surface area contributed by atoms with Crippen molar-refractivity contribution in [1.29, 1.82) is 0 Å². The van der Waals surface area contributed by atoms with Gasteiger partial charge >= 0.3 is 0 Å². The Kier molecular flexibility index (Phi) is 4.71. The van der Waals surface area contributed by atoms with E-state index < -0.39 is 10.1 Å². The van der Waals surface area contributed by atoms with Crippen LogP contribution in [0.4, 0.5) is 0 Å². The third-order valence-corrected chi connectivity index (χ3v) is 5.23. The molecule has 134 valence electrons. The van der Waals surface area contributed by atoms with E-state index in [0.717, 1.165) is 23.3 Å². The van der Waals surface area contributed by atoms with Crippen LogP contribution in [0.15, 0.2) is 71.6 Å². The molecule has 1 unspecified atom stereocenters. The summed E-state index contributed by atoms with van der Waals surface area (Å²) in [5.41, 5.74) is 2.38. The van der Waals surface area contributed by atoms with Crippen molar-refractivity contribution in [2.24, 2.45) is 0 Å². The Bertz CT molecular complexity index is 1040. The maximum atomic E-state index is 11.4. The van der Waals surface area contributed by atoms with Crippen molar-refractivity contribution in [2.45, 2.75) is 17.7 Å². The lowest BCUT2D eigenvalue weighted by Crippen LogP contribution is -1.99. The van der Waals surface area contributed by atoms with Crippen LogP contribution in [0.3, 0.4) is 0 Å². The molecule has 0 bridgehead atoms. The number of phenols is 2. The lowest BCUT2D eigenvalue weighted by Gasteiger charge is -2.16. The summed E-state index contributed by atoms with van der Waals surface area (Å²) in [6.07, 6.45) is 0. The summed E-state index contributed by atoms with van der Waals surface area (Å²) in [4.78, 5) is -0.355. The lowest BCUT2D eigenvalue weighted by atomic mass is 9.90. The van der Waals surface area contributed by atoms with Gasteiger partial charge < -0.3 is 10.2 Å². The monoisotopic (exact) mass is 370 g/mol. The molecular formula is C20H18O5S. The molecule has 0 aromatic heterocycles. The highest BCUT2D eigenvalue weighted by molar-refractivity contribution is 7.85. The Morgan fingerprint density at radius 1 is 0.769 bits per heavy atom. The maximum absolute atomic E-state index is 11.4. The predicted molar refractivity (Wildman–Crippen MR) is 99.0 cm³/mol. The van der Waals surface area contributed by atoms with E-state index in [0.29, 0.717) is 0 Å². The van der Waals surface area contributed by atoms with Crippen molar-refractivity contribution in [1.82, 2.24) is 0 Å². The van der Waals surface area contributed by atoms with Gasteiger partial charge in [0.15, 0.2) is 0 Å². The van der Waals surface area contributed by atoms with Crippen LogP contribution in [-0.4, -0.2) is 23.2 Å². The minimum atomic E-state index is -4.43. The average Bonchev–Trinajstić information content (AvgIpc) is 2.62. The molecule has 3 N–H and O–H groups in total. The fourth-order valence-corrected chi connectivity index (χ4v) is 3.37. The molecule has 0 aliphatic carbocycles. The van der Waals surface area contributed by atoms with Crippen LogP contribution < -0.4 is 0 Å². The van der Waals surface area contributed by atoms with Gasteiger partial charge in [-0.15, -0.1) is 0 Å². The molecule has 0 spiro atoms. The first-order chi connectivity index (χ1) is 12.3. The Balaban J connectivity index is 2.12. The number of aromatic hydroxyl groups is 2. The molecule has 26 heavy (non-hydrogen) atoms. The zero-order valence-corrected chi connectivity index (χ0v) is 14.8. The van der Waals surface area contributed by atoms with E-state index in [1.54, 1.807) is 12.1 Å². The van der Waals surface area contributed by atoms with Crippen LogP contribution >= 0.6 is 0 Å².